The van der Waals surface area contributed by atoms with E-state index in [0.29, 0.717) is 0 Å². The Labute approximate surface area is 168 Å². The van der Waals surface area contributed by atoms with Crippen LogP contribution in [-0.2, 0) is 25.9 Å². The number of hydrogen-bond acceptors (Lipinski definition) is 4. The monoisotopic (exact) mass is 374 g/mol. The molecule has 4 heteroatoms. The lowest BCUT2D eigenvalue weighted by Gasteiger charge is -2.13. The van der Waals surface area contributed by atoms with Crippen LogP contribution in [0, 0.1) is 0 Å². The van der Waals surface area contributed by atoms with E-state index < -0.39 is 0 Å². The first-order chi connectivity index (χ1) is 13.8. The third kappa shape index (κ3) is 5.84. The van der Waals surface area contributed by atoms with Gasteiger partial charge in [0.2, 0.25) is 0 Å². The van der Waals surface area contributed by atoms with E-state index in [-0.39, 0.29) is 0 Å². The summed E-state index contributed by atoms with van der Waals surface area (Å²) < 4.78 is 0. The quantitative estimate of drug-likeness (QED) is 0.222. The van der Waals surface area contributed by atoms with Gasteiger partial charge in [-0.3, -0.25) is 0 Å². The molecule has 4 nitrogen and oxygen atoms in total. The standard InChI is InChI=1S/C24H30N4/c1-2-5-19-8-10-20(11-9-19)18-27-24(28-25)14-15-26-17-21-12-13-22-6-3-4-7-23(22)16-21/h2,4,7-14,16,26-28H,1,3,5-6,15,17-18,25H2/b24-14-. The zero-order valence-electron chi connectivity index (χ0n) is 16.4. The first-order valence-electron chi connectivity index (χ1n) is 9.87. The molecule has 3 rings (SSSR count). The fraction of sp³-hybridized carbons (Fsp3) is 0.250. The van der Waals surface area contributed by atoms with Gasteiger partial charge in [0.15, 0.2) is 0 Å². The molecule has 0 spiro atoms. The number of allylic oxidation sites excluding steroid dienone is 2. The summed E-state index contributed by atoms with van der Waals surface area (Å²) in [6.45, 7) is 6.06. The van der Waals surface area contributed by atoms with Crippen LogP contribution in [0.5, 0.6) is 0 Å². The Morgan fingerprint density at radius 1 is 1.04 bits per heavy atom. The Morgan fingerprint density at radius 3 is 2.61 bits per heavy atom. The maximum absolute atomic E-state index is 5.64. The topological polar surface area (TPSA) is 62.1 Å². The van der Waals surface area contributed by atoms with Gasteiger partial charge in [-0.1, -0.05) is 60.7 Å². The predicted molar refractivity (Wildman–Crippen MR) is 118 cm³/mol. The molecule has 146 valence electrons. The summed E-state index contributed by atoms with van der Waals surface area (Å²) in [4.78, 5) is 0. The summed E-state index contributed by atoms with van der Waals surface area (Å²) in [5.74, 6) is 6.46. The van der Waals surface area contributed by atoms with Crippen molar-refractivity contribution >= 4 is 6.08 Å². The van der Waals surface area contributed by atoms with Crippen molar-refractivity contribution in [3.05, 3.63) is 101 Å². The zero-order chi connectivity index (χ0) is 19.6. The van der Waals surface area contributed by atoms with Crippen molar-refractivity contribution in [3.8, 4) is 0 Å². The molecule has 0 saturated heterocycles. The van der Waals surface area contributed by atoms with Gasteiger partial charge in [-0.05, 0) is 53.2 Å². The molecular weight excluding hydrogens is 344 g/mol. The number of rotatable bonds is 10. The van der Waals surface area contributed by atoms with Crippen molar-refractivity contribution in [1.29, 1.82) is 0 Å². The van der Waals surface area contributed by atoms with Crippen LogP contribution in [0.1, 0.15) is 34.2 Å². The fourth-order valence-electron chi connectivity index (χ4n) is 3.32. The van der Waals surface area contributed by atoms with Gasteiger partial charge in [0.1, 0.15) is 5.82 Å². The van der Waals surface area contributed by atoms with Gasteiger partial charge in [-0.15, -0.1) is 6.58 Å². The molecule has 0 atom stereocenters. The number of benzene rings is 2. The van der Waals surface area contributed by atoms with Gasteiger partial charge >= 0.3 is 0 Å². The van der Waals surface area contributed by atoms with E-state index in [1.165, 1.54) is 27.8 Å². The number of aryl methyl sites for hydroxylation is 1. The highest BCUT2D eigenvalue weighted by molar-refractivity contribution is 5.57. The van der Waals surface area contributed by atoms with Crippen molar-refractivity contribution < 1.29 is 0 Å². The van der Waals surface area contributed by atoms with E-state index in [4.69, 9.17) is 5.84 Å². The fourth-order valence-corrected chi connectivity index (χ4v) is 3.32. The van der Waals surface area contributed by atoms with Crippen molar-refractivity contribution in [2.24, 2.45) is 5.84 Å². The summed E-state index contributed by atoms with van der Waals surface area (Å²) in [6.07, 6.45) is 11.6. The van der Waals surface area contributed by atoms with Crippen LogP contribution in [0.3, 0.4) is 0 Å². The molecule has 0 aromatic heterocycles. The Morgan fingerprint density at radius 2 is 1.82 bits per heavy atom. The van der Waals surface area contributed by atoms with E-state index in [9.17, 15) is 0 Å². The number of nitrogens with two attached hydrogens (primary N) is 1. The van der Waals surface area contributed by atoms with Gasteiger partial charge in [0.05, 0.1) is 0 Å². The van der Waals surface area contributed by atoms with E-state index >= 15 is 0 Å². The molecular formula is C24H30N4. The molecule has 0 saturated carbocycles. The van der Waals surface area contributed by atoms with Crippen molar-refractivity contribution in [2.45, 2.75) is 32.4 Å². The van der Waals surface area contributed by atoms with Crippen LogP contribution in [0.2, 0.25) is 0 Å². The lowest BCUT2D eigenvalue weighted by atomic mass is 9.95. The molecule has 0 amide bonds. The Balaban J connectivity index is 1.44. The molecule has 0 radical (unpaired) electrons. The Hall–Kier alpha value is -2.82. The van der Waals surface area contributed by atoms with Crippen LogP contribution in [0.25, 0.3) is 6.08 Å². The summed E-state index contributed by atoms with van der Waals surface area (Å²) in [5, 5.41) is 6.78. The highest BCUT2D eigenvalue weighted by atomic mass is 15.3. The van der Waals surface area contributed by atoms with Gasteiger partial charge in [0.25, 0.3) is 0 Å². The van der Waals surface area contributed by atoms with E-state index in [1.807, 2.05) is 12.2 Å². The molecule has 0 bridgehead atoms. The normalized spacial score (nSPS) is 13.1. The molecule has 1 aliphatic rings. The van der Waals surface area contributed by atoms with Crippen LogP contribution >= 0.6 is 0 Å². The third-order valence-corrected chi connectivity index (χ3v) is 4.91. The van der Waals surface area contributed by atoms with E-state index in [0.717, 1.165) is 44.7 Å². The number of hydrogen-bond donors (Lipinski definition) is 4. The molecule has 2 aromatic rings. The number of nitrogens with one attached hydrogen (secondary N) is 3. The van der Waals surface area contributed by atoms with Crippen LogP contribution in [0.15, 0.2) is 73.1 Å². The SMILES string of the molecule is C=CCc1ccc(CN/C(=C/CNCc2ccc3c(c2)C=CCC3)NN)cc1. The van der Waals surface area contributed by atoms with E-state index in [2.05, 4.69) is 77.3 Å². The van der Waals surface area contributed by atoms with Crippen molar-refractivity contribution in [3.63, 3.8) is 0 Å². The Bertz CT molecular complexity index is 834. The second-order valence-electron chi connectivity index (χ2n) is 7.03. The lowest BCUT2D eigenvalue weighted by molar-refractivity contribution is 0.684. The minimum absolute atomic E-state index is 0.724. The molecule has 1 aliphatic carbocycles. The second-order valence-corrected chi connectivity index (χ2v) is 7.03. The highest BCUT2D eigenvalue weighted by Gasteiger charge is 2.04. The summed E-state index contributed by atoms with van der Waals surface area (Å²) in [5.41, 5.74) is 9.31. The smallest absolute Gasteiger partial charge is 0.110 e. The maximum Gasteiger partial charge on any atom is 0.110 e. The largest absolute Gasteiger partial charge is 0.367 e. The molecule has 0 unspecified atom stereocenters. The second kappa shape index (κ2) is 10.5. The number of hydrazine groups is 1. The first kappa shape index (κ1) is 19.9. The van der Waals surface area contributed by atoms with Gasteiger partial charge in [-0.2, -0.15) is 0 Å². The molecule has 2 aromatic carbocycles. The van der Waals surface area contributed by atoms with Crippen molar-refractivity contribution in [2.75, 3.05) is 6.54 Å². The molecule has 0 aliphatic heterocycles. The summed E-state index contributed by atoms with van der Waals surface area (Å²) in [7, 11) is 0. The summed E-state index contributed by atoms with van der Waals surface area (Å²) >= 11 is 0. The molecule has 0 heterocycles. The minimum Gasteiger partial charge on any atom is -0.367 e. The van der Waals surface area contributed by atoms with E-state index in [1.54, 1.807) is 0 Å². The minimum atomic E-state index is 0.724. The lowest BCUT2D eigenvalue weighted by Crippen LogP contribution is -2.32. The highest BCUT2D eigenvalue weighted by Crippen LogP contribution is 2.20. The average Bonchev–Trinajstić information content (AvgIpc) is 2.74. The van der Waals surface area contributed by atoms with Gasteiger partial charge < -0.3 is 16.1 Å². The zero-order valence-corrected chi connectivity index (χ0v) is 16.4. The third-order valence-electron chi connectivity index (χ3n) is 4.91. The average molecular weight is 375 g/mol. The maximum atomic E-state index is 5.64. The van der Waals surface area contributed by atoms with Crippen LogP contribution in [0.4, 0.5) is 0 Å². The Kier molecular flexibility index (Phi) is 7.47. The van der Waals surface area contributed by atoms with Crippen LogP contribution in [-0.4, -0.2) is 6.54 Å². The predicted octanol–water partition coefficient (Wildman–Crippen LogP) is 3.56. The van der Waals surface area contributed by atoms with Gasteiger partial charge in [0, 0.05) is 19.6 Å². The molecule has 28 heavy (non-hydrogen) atoms. The van der Waals surface area contributed by atoms with Gasteiger partial charge in [-0.25, -0.2) is 5.84 Å². The first-order valence-corrected chi connectivity index (χ1v) is 9.87. The summed E-state index contributed by atoms with van der Waals surface area (Å²) in [6, 6.07) is 15.3. The molecule has 0 fully saturated rings. The van der Waals surface area contributed by atoms with Crippen molar-refractivity contribution in [1.82, 2.24) is 16.1 Å². The number of fused-ring (bicyclic) bond motifs is 1. The van der Waals surface area contributed by atoms with Crippen LogP contribution < -0.4 is 21.9 Å². The molecule has 5 N–H and O–H groups in total.